The molecule has 0 atom stereocenters. The van der Waals surface area contributed by atoms with Crippen molar-refractivity contribution < 1.29 is 5.11 Å². The van der Waals surface area contributed by atoms with Crippen LogP contribution in [0.3, 0.4) is 0 Å². The Bertz CT molecular complexity index is 517. The third kappa shape index (κ3) is 3.57. The smallest absolute Gasteiger partial charge is 0.148 e. The highest BCUT2D eigenvalue weighted by molar-refractivity contribution is 5.34. The number of aromatic nitrogens is 4. The van der Waals surface area contributed by atoms with E-state index in [-0.39, 0.29) is 6.61 Å². The van der Waals surface area contributed by atoms with Gasteiger partial charge >= 0.3 is 0 Å². The maximum absolute atomic E-state index is 8.83. The summed E-state index contributed by atoms with van der Waals surface area (Å²) < 4.78 is 3.70. The summed E-state index contributed by atoms with van der Waals surface area (Å²) >= 11 is 0. The van der Waals surface area contributed by atoms with Crippen molar-refractivity contribution in [2.45, 2.75) is 39.9 Å². The summed E-state index contributed by atoms with van der Waals surface area (Å²) in [6, 6.07) is 1.90. The summed E-state index contributed by atoms with van der Waals surface area (Å²) in [5.41, 5.74) is 2.24. The molecule has 0 aliphatic carbocycles. The fraction of sp³-hybridized carbons (Fsp3) is 0.538. The Morgan fingerprint density at radius 3 is 2.84 bits per heavy atom. The molecule has 0 spiro atoms. The number of nitrogens with one attached hydrogen (secondary N) is 1. The molecule has 0 aromatic carbocycles. The first-order chi connectivity index (χ1) is 9.22. The van der Waals surface area contributed by atoms with Crippen LogP contribution in [0.4, 0.5) is 5.82 Å². The highest BCUT2D eigenvalue weighted by Crippen LogP contribution is 2.10. The van der Waals surface area contributed by atoms with E-state index in [2.05, 4.69) is 28.6 Å². The van der Waals surface area contributed by atoms with Crippen LogP contribution in [0.25, 0.3) is 0 Å². The summed E-state index contributed by atoms with van der Waals surface area (Å²) in [6.45, 7) is 6.45. The van der Waals surface area contributed by atoms with Crippen molar-refractivity contribution in [3.8, 4) is 0 Å². The lowest BCUT2D eigenvalue weighted by molar-refractivity contribution is 0.269. The minimum absolute atomic E-state index is 0.101. The minimum Gasteiger partial charge on any atom is -0.394 e. The number of aliphatic hydroxyl groups excluding tert-OH is 1. The lowest BCUT2D eigenvalue weighted by Gasteiger charge is -2.01. The number of rotatable bonds is 7. The van der Waals surface area contributed by atoms with Crippen LogP contribution in [0.15, 0.2) is 18.5 Å². The molecule has 2 aromatic rings. The van der Waals surface area contributed by atoms with Crippen molar-refractivity contribution in [2.24, 2.45) is 0 Å². The van der Waals surface area contributed by atoms with Crippen molar-refractivity contribution in [1.82, 2.24) is 19.6 Å². The number of hydrogen-bond acceptors (Lipinski definition) is 4. The van der Waals surface area contributed by atoms with E-state index in [1.54, 1.807) is 4.68 Å². The molecule has 19 heavy (non-hydrogen) atoms. The second kappa shape index (κ2) is 6.38. The lowest BCUT2D eigenvalue weighted by atomic mass is 10.2. The Labute approximate surface area is 113 Å². The van der Waals surface area contributed by atoms with E-state index in [1.165, 1.54) is 5.56 Å². The fourth-order valence-corrected chi connectivity index (χ4v) is 1.95. The van der Waals surface area contributed by atoms with Crippen molar-refractivity contribution in [3.63, 3.8) is 0 Å². The highest BCUT2D eigenvalue weighted by Gasteiger charge is 2.05. The standard InChI is InChI=1S/C13H21N5O/c1-3-5-18-10-12(11(2)15-18)9-14-13-4-6-17(16-13)7-8-19/h4,6,10,19H,3,5,7-9H2,1-2H3,(H,14,16). The van der Waals surface area contributed by atoms with Gasteiger partial charge in [-0.15, -0.1) is 0 Å². The molecule has 2 aromatic heterocycles. The first kappa shape index (κ1) is 13.6. The molecule has 0 radical (unpaired) electrons. The van der Waals surface area contributed by atoms with Gasteiger partial charge in [0.2, 0.25) is 0 Å². The molecule has 0 unspecified atom stereocenters. The Balaban J connectivity index is 1.93. The van der Waals surface area contributed by atoms with Crippen LogP contribution in [0.5, 0.6) is 0 Å². The van der Waals surface area contributed by atoms with Gasteiger partial charge in [-0.1, -0.05) is 6.92 Å². The van der Waals surface area contributed by atoms with E-state index in [1.807, 2.05) is 23.9 Å². The fourth-order valence-electron chi connectivity index (χ4n) is 1.95. The molecule has 0 saturated carbocycles. The van der Waals surface area contributed by atoms with E-state index in [4.69, 9.17) is 5.11 Å². The van der Waals surface area contributed by atoms with E-state index in [0.717, 1.165) is 24.5 Å². The normalized spacial score (nSPS) is 10.9. The van der Waals surface area contributed by atoms with Gasteiger partial charge in [0.15, 0.2) is 0 Å². The molecule has 2 heterocycles. The molecule has 0 bridgehead atoms. The summed E-state index contributed by atoms with van der Waals surface area (Å²) in [6.07, 6.45) is 5.02. The van der Waals surface area contributed by atoms with Gasteiger partial charge in [-0.25, -0.2) is 0 Å². The van der Waals surface area contributed by atoms with Crippen molar-refractivity contribution in [3.05, 3.63) is 29.7 Å². The van der Waals surface area contributed by atoms with Gasteiger partial charge in [0, 0.05) is 37.1 Å². The van der Waals surface area contributed by atoms with E-state index >= 15 is 0 Å². The summed E-state index contributed by atoms with van der Waals surface area (Å²) in [5, 5.41) is 20.9. The number of anilines is 1. The summed E-state index contributed by atoms with van der Waals surface area (Å²) in [7, 11) is 0. The van der Waals surface area contributed by atoms with Gasteiger partial charge < -0.3 is 10.4 Å². The molecule has 2 N–H and O–H groups in total. The molecule has 0 amide bonds. The highest BCUT2D eigenvalue weighted by atomic mass is 16.3. The second-order valence-corrected chi connectivity index (χ2v) is 4.54. The zero-order valence-corrected chi connectivity index (χ0v) is 11.5. The topological polar surface area (TPSA) is 67.9 Å². The average Bonchev–Trinajstić information content (AvgIpc) is 2.95. The largest absolute Gasteiger partial charge is 0.394 e. The Kier molecular flexibility index (Phi) is 4.57. The van der Waals surface area contributed by atoms with Crippen molar-refractivity contribution in [2.75, 3.05) is 11.9 Å². The van der Waals surface area contributed by atoms with Gasteiger partial charge in [0.1, 0.15) is 5.82 Å². The maximum Gasteiger partial charge on any atom is 0.148 e. The second-order valence-electron chi connectivity index (χ2n) is 4.54. The van der Waals surface area contributed by atoms with Crippen molar-refractivity contribution in [1.29, 1.82) is 0 Å². The number of aliphatic hydroxyl groups is 1. The van der Waals surface area contributed by atoms with E-state index in [0.29, 0.717) is 13.1 Å². The molecule has 0 aliphatic heterocycles. The van der Waals surface area contributed by atoms with Gasteiger partial charge in [-0.05, 0) is 13.3 Å². The zero-order valence-electron chi connectivity index (χ0n) is 11.5. The molecule has 0 aliphatic rings. The first-order valence-electron chi connectivity index (χ1n) is 6.64. The zero-order chi connectivity index (χ0) is 13.7. The summed E-state index contributed by atoms with van der Waals surface area (Å²) in [5.74, 6) is 0.816. The molecule has 0 saturated heterocycles. The van der Waals surface area contributed by atoms with Crippen LogP contribution in [-0.4, -0.2) is 31.3 Å². The number of aryl methyl sites for hydroxylation is 2. The predicted molar refractivity (Wildman–Crippen MR) is 73.9 cm³/mol. The van der Waals surface area contributed by atoms with Crippen LogP contribution in [0.1, 0.15) is 24.6 Å². The van der Waals surface area contributed by atoms with Crippen LogP contribution < -0.4 is 5.32 Å². The third-order valence-corrected chi connectivity index (χ3v) is 2.93. The molecule has 6 heteroatoms. The monoisotopic (exact) mass is 263 g/mol. The van der Waals surface area contributed by atoms with Crippen LogP contribution in [0.2, 0.25) is 0 Å². The Hall–Kier alpha value is -1.82. The lowest BCUT2D eigenvalue weighted by Crippen LogP contribution is -2.05. The third-order valence-electron chi connectivity index (χ3n) is 2.93. The number of hydrogen-bond donors (Lipinski definition) is 2. The van der Waals surface area contributed by atoms with Crippen LogP contribution in [-0.2, 0) is 19.6 Å². The van der Waals surface area contributed by atoms with Gasteiger partial charge in [-0.2, -0.15) is 10.2 Å². The molecule has 104 valence electrons. The van der Waals surface area contributed by atoms with Crippen LogP contribution >= 0.6 is 0 Å². The van der Waals surface area contributed by atoms with Gasteiger partial charge in [0.25, 0.3) is 0 Å². The quantitative estimate of drug-likeness (QED) is 0.792. The minimum atomic E-state index is 0.101. The average molecular weight is 263 g/mol. The predicted octanol–water partition coefficient (Wildman–Crippen LogP) is 1.40. The molecule has 2 rings (SSSR count). The van der Waals surface area contributed by atoms with Crippen molar-refractivity contribution >= 4 is 5.82 Å². The van der Waals surface area contributed by atoms with Gasteiger partial charge in [-0.3, -0.25) is 9.36 Å². The SMILES string of the molecule is CCCn1cc(CNc2ccn(CCO)n2)c(C)n1. The molecular weight excluding hydrogens is 242 g/mol. The molecule has 0 fully saturated rings. The number of nitrogens with zero attached hydrogens (tertiary/aromatic N) is 4. The Morgan fingerprint density at radius 2 is 2.11 bits per heavy atom. The maximum atomic E-state index is 8.83. The first-order valence-corrected chi connectivity index (χ1v) is 6.64. The van der Waals surface area contributed by atoms with E-state index < -0.39 is 0 Å². The van der Waals surface area contributed by atoms with Gasteiger partial charge in [0.05, 0.1) is 18.8 Å². The Morgan fingerprint density at radius 1 is 1.26 bits per heavy atom. The molecule has 6 nitrogen and oxygen atoms in total. The summed E-state index contributed by atoms with van der Waals surface area (Å²) in [4.78, 5) is 0. The molecular formula is C13H21N5O. The van der Waals surface area contributed by atoms with Crippen LogP contribution in [0, 0.1) is 6.92 Å². The van der Waals surface area contributed by atoms with E-state index in [9.17, 15) is 0 Å².